The van der Waals surface area contributed by atoms with Gasteiger partial charge in [0, 0.05) is 23.8 Å². The number of hydrogen-bond acceptors (Lipinski definition) is 6. The minimum Gasteiger partial charge on any atom is -0.497 e. The molecule has 0 unspecified atom stereocenters. The zero-order valence-electron chi connectivity index (χ0n) is 13.4. The molecule has 0 radical (unpaired) electrons. The molecule has 126 valence electrons. The Morgan fingerprint density at radius 3 is 2.38 bits per heavy atom. The van der Waals surface area contributed by atoms with Crippen molar-refractivity contribution in [2.24, 2.45) is 0 Å². The van der Waals surface area contributed by atoms with Crippen molar-refractivity contribution in [1.29, 1.82) is 0 Å². The van der Waals surface area contributed by atoms with Crippen LogP contribution in [0.25, 0.3) is 0 Å². The van der Waals surface area contributed by atoms with E-state index in [-0.39, 0.29) is 18.7 Å². The summed E-state index contributed by atoms with van der Waals surface area (Å²) in [5.41, 5.74) is 1.36. The van der Waals surface area contributed by atoms with E-state index in [0.29, 0.717) is 22.6 Å². The van der Waals surface area contributed by atoms with Crippen LogP contribution in [0, 0.1) is 10.1 Å². The molecule has 0 saturated carbocycles. The highest BCUT2D eigenvalue weighted by molar-refractivity contribution is 5.73. The highest BCUT2D eigenvalue weighted by Crippen LogP contribution is 2.25. The van der Waals surface area contributed by atoms with Gasteiger partial charge in [-0.1, -0.05) is 6.07 Å². The van der Waals surface area contributed by atoms with E-state index in [4.69, 9.17) is 14.2 Å². The maximum Gasteiger partial charge on any atom is 0.310 e. The third kappa shape index (κ3) is 4.45. The summed E-state index contributed by atoms with van der Waals surface area (Å²) < 4.78 is 15.5. The standard InChI is InChI=1S/C17H17NO6/c1-22-15-8-5-13(16(10-15)23-2)9-17(19)24-11-12-3-6-14(7-4-12)18(20)21/h3-8,10H,9,11H2,1-2H3. The summed E-state index contributed by atoms with van der Waals surface area (Å²) in [5, 5.41) is 10.6. The van der Waals surface area contributed by atoms with Gasteiger partial charge in [-0.05, 0) is 23.8 Å². The molecule has 7 nitrogen and oxygen atoms in total. The van der Waals surface area contributed by atoms with Crippen LogP contribution in [0.5, 0.6) is 11.5 Å². The van der Waals surface area contributed by atoms with E-state index >= 15 is 0 Å². The molecule has 0 aromatic heterocycles. The summed E-state index contributed by atoms with van der Waals surface area (Å²) in [6.45, 7) is 0.0509. The third-order valence-electron chi connectivity index (χ3n) is 3.38. The molecule has 7 heteroatoms. The molecule has 0 fully saturated rings. The van der Waals surface area contributed by atoms with Crippen molar-refractivity contribution in [2.45, 2.75) is 13.0 Å². The van der Waals surface area contributed by atoms with Crippen LogP contribution in [0.4, 0.5) is 5.69 Å². The quantitative estimate of drug-likeness (QED) is 0.440. The van der Waals surface area contributed by atoms with Crippen LogP contribution in [0.2, 0.25) is 0 Å². The van der Waals surface area contributed by atoms with E-state index in [9.17, 15) is 14.9 Å². The number of carbonyl (C=O) groups is 1. The molecular formula is C17H17NO6. The molecule has 0 spiro atoms. The topological polar surface area (TPSA) is 87.9 Å². The summed E-state index contributed by atoms with van der Waals surface area (Å²) >= 11 is 0. The van der Waals surface area contributed by atoms with Gasteiger partial charge in [0.2, 0.25) is 0 Å². The maximum atomic E-state index is 12.0. The molecule has 0 saturated heterocycles. The van der Waals surface area contributed by atoms with E-state index in [1.165, 1.54) is 19.2 Å². The van der Waals surface area contributed by atoms with Crippen LogP contribution in [0.1, 0.15) is 11.1 Å². The van der Waals surface area contributed by atoms with Crippen molar-refractivity contribution in [3.05, 3.63) is 63.7 Å². The van der Waals surface area contributed by atoms with Gasteiger partial charge in [0.25, 0.3) is 5.69 Å². The van der Waals surface area contributed by atoms with Crippen molar-refractivity contribution < 1.29 is 23.9 Å². The van der Waals surface area contributed by atoms with E-state index in [2.05, 4.69) is 0 Å². The zero-order chi connectivity index (χ0) is 17.5. The van der Waals surface area contributed by atoms with Crippen molar-refractivity contribution in [2.75, 3.05) is 14.2 Å². The lowest BCUT2D eigenvalue weighted by atomic mass is 10.1. The van der Waals surface area contributed by atoms with Gasteiger partial charge in [0.15, 0.2) is 0 Å². The second-order valence-corrected chi connectivity index (χ2v) is 4.94. The minimum absolute atomic E-state index is 0.00644. The van der Waals surface area contributed by atoms with Gasteiger partial charge in [0.05, 0.1) is 25.6 Å². The molecule has 24 heavy (non-hydrogen) atoms. The van der Waals surface area contributed by atoms with Gasteiger partial charge in [-0.2, -0.15) is 0 Å². The number of esters is 1. The van der Waals surface area contributed by atoms with Crippen LogP contribution < -0.4 is 9.47 Å². The lowest BCUT2D eigenvalue weighted by Gasteiger charge is -2.10. The Labute approximate surface area is 138 Å². The molecule has 0 N–H and O–H groups in total. The molecule has 0 amide bonds. The minimum atomic E-state index is -0.480. The lowest BCUT2D eigenvalue weighted by Crippen LogP contribution is -2.09. The maximum absolute atomic E-state index is 12.0. The summed E-state index contributed by atoms with van der Waals surface area (Å²) in [6, 6.07) is 11.0. The molecule has 2 aromatic carbocycles. The first-order valence-electron chi connectivity index (χ1n) is 7.13. The fraction of sp³-hybridized carbons (Fsp3) is 0.235. The van der Waals surface area contributed by atoms with Crippen LogP contribution in [0.15, 0.2) is 42.5 Å². The second-order valence-electron chi connectivity index (χ2n) is 4.94. The number of rotatable bonds is 7. The summed E-state index contributed by atoms with van der Waals surface area (Å²) in [7, 11) is 3.06. The van der Waals surface area contributed by atoms with Gasteiger partial charge in [0.1, 0.15) is 18.1 Å². The van der Waals surface area contributed by atoms with E-state index in [0.717, 1.165) is 0 Å². The third-order valence-corrected chi connectivity index (χ3v) is 3.38. The number of carbonyl (C=O) groups excluding carboxylic acids is 1. The number of methoxy groups -OCH3 is 2. The molecule has 0 heterocycles. The van der Waals surface area contributed by atoms with Crippen LogP contribution >= 0.6 is 0 Å². The fourth-order valence-electron chi connectivity index (χ4n) is 2.08. The molecule has 2 rings (SSSR count). The van der Waals surface area contributed by atoms with Crippen molar-refractivity contribution in [3.63, 3.8) is 0 Å². The van der Waals surface area contributed by atoms with Crippen LogP contribution in [-0.2, 0) is 22.6 Å². The molecule has 0 atom stereocenters. The predicted octanol–water partition coefficient (Wildman–Crippen LogP) is 2.90. The molecule has 2 aromatic rings. The Bertz CT molecular complexity index is 726. The van der Waals surface area contributed by atoms with Gasteiger partial charge >= 0.3 is 5.97 Å². The first kappa shape index (κ1) is 17.3. The number of nitro benzene ring substituents is 1. The van der Waals surface area contributed by atoms with Gasteiger partial charge in [-0.3, -0.25) is 14.9 Å². The molecule has 0 aliphatic heterocycles. The Balaban J connectivity index is 1.94. The zero-order valence-corrected chi connectivity index (χ0v) is 13.4. The molecule has 0 aliphatic carbocycles. The number of non-ortho nitro benzene ring substituents is 1. The molecular weight excluding hydrogens is 314 g/mol. The number of nitrogens with zero attached hydrogens (tertiary/aromatic N) is 1. The number of nitro groups is 1. The van der Waals surface area contributed by atoms with E-state index in [1.807, 2.05) is 0 Å². The van der Waals surface area contributed by atoms with E-state index < -0.39 is 10.9 Å². The smallest absolute Gasteiger partial charge is 0.310 e. The Morgan fingerprint density at radius 1 is 1.08 bits per heavy atom. The molecule has 0 aliphatic rings. The summed E-state index contributed by atoms with van der Waals surface area (Å²) in [5.74, 6) is 0.758. The first-order valence-corrected chi connectivity index (χ1v) is 7.13. The van der Waals surface area contributed by atoms with Gasteiger partial charge in [-0.15, -0.1) is 0 Å². The predicted molar refractivity (Wildman–Crippen MR) is 86.1 cm³/mol. The van der Waals surface area contributed by atoms with Crippen molar-refractivity contribution in [3.8, 4) is 11.5 Å². The average molecular weight is 331 g/mol. The second kappa shape index (κ2) is 7.96. The number of hydrogen-bond donors (Lipinski definition) is 0. The van der Waals surface area contributed by atoms with Crippen LogP contribution in [0.3, 0.4) is 0 Å². The Kier molecular flexibility index (Phi) is 5.73. The summed E-state index contributed by atoms with van der Waals surface area (Å²) in [6.07, 6.45) is 0.0557. The van der Waals surface area contributed by atoms with Crippen molar-refractivity contribution in [1.82, 2.24) is 0 Å². The number of ether oxygens (including phenoxy) is 3. The average Bonchev–Trinajstić information content (AvgIpc) is 2.60. The van der Waals surface area contributed by atoms with Gasteiger partial charge in [-0.25, -0.2) is 0 Å². The largest absolute Gasteiger partial charge is 0.497 e. The Hall–Kier alpha value is -3.09. The number of benzene rings is 2. The highest BCUT2D eigenvalue weighted by atomic mass is 16.6. The highest BCUT2D eigenvalue weighted by Gasteiger charge is 2.12. The SMILES string of the molecule is COc1ccc(CC(=O)OCc2ccc([N+](=O)[O-])cc2)c(OC)c1. The van der Waals surface area contributed by atoms with Crippen molar-refractivity contribution >= 4 is 11.7 Å². The van der Waals surface area contributed by atoms with E-state index in [1.54, 1.807) is 37.4 Å². The molecule has 0 bridgehead atoms. The lowest BCUT2D eigenvalue weighted by molar-refractivity contribution is -0.384. The first-order chi connectivity index (χ1) is 11.5. The summed E-state index contributed by atoms with van der Waals surface area (Å²) in [4.78, 5) is 22.1. The Morgan fingerprint density at radius 2 is 1.79 bits per heavy atom. The fourth-order valence-corrected chi connectivity index (χ4v) is 2.08. The normalized spacial score (nSPS) is 10.1. The van der Waals surface area contributed by atoms with Gasteiger partial charge < -0.3 is 14.2 Å². The van der Waals surface area contributed by atoms with Crippen LogP contribution in [-0.4, -0.2) is 25.1 Å². The monoisotopic (exact) mass is 331 g/mol.